The van der Waals surface area contributed by atoms with Crippen molar-refractivity contribution in [1.29, 1.82) is 0 Å². The van der Waals surface area contributed by atoms with Crippen molar-refractivity contribution in [1.82, 2.24) is 4.90 Å². The molecule has 1 saturated heterocycles. The monoisotopic (exact) mass is 440 g/mol. The highest BCUT2D eigenvalue weighted by Crippen LogP contribution is 2.27. The predicted octanol–water partition coefficient (Wildman–Crippen LogP) is 4.63. The van der Waals surface area contributed by atoms with E-state index in [9.17, 15) is 9.59 Å². The van der Waals surface area contributed by atoms with E-state index >= 15 is 0 Å². The summed E-state index contributed by atoms with van der Waals surface area (Å²) in [5, 5.41) is 0.747. The molecule has 0 radical (unpaired) electrons. The highest BCUT2D eigenvalue weighted by atomic mass is 79.9. The SMILES string of the molecule is C[C@@H]1C(=O)N(c2cccc(Br)c2)CCN1C(=O)c1ccc(Cl)cc1Cl. The summed E-state index contributed by atoms with van der Waals surface area (Å²) >= 11 is 15.4. The molecule has 0 bridgehead atoms. The maximum Gasteiger partial charge on any atom is 0.256 e. The van der Waals surface area contributed by atoms with Crippen LogP contribution >= 0.6 is 39.1 Å². The van der Waals surface area contributed by atoms with E-state index < -0.39 is 6.04 Å². The van der Waals surface area contributed by atoms with Gasteiger partial charge in [0.15, 0.2) is 0 Å². The van der Waals surface area contributed by atoms with E-state index in [2.05, 4.69) is 15.9 Å². The first-order valence-corrected chi connectivity index (χ1v) is 9.26. The lowest BCUT2D eigenvalue weighted by Gasteiger charge is -2.39. The van der Waals surface area contributed by atoms with Gasteiger partial charge in [0.25, 0.3) is 5.91 Å². The van der Waals surface area contributed by atoms with Gasteiger partial charge in [-0.1, -0.05) is 45.2 Å². The maximum absolute atomic E-state index is 12.8. The van der Waals surface area contributed by atoms with Gasteiger partial charge >= 0.3 is 0 Å². The molecule has 3 rings (SSSR count). The van der Waals surface area contributed by atoms with E-state index in [-0.39, 0.29) is 16.8 Å². The van der Waals surface area contributed by atoms with Gasteiger partial charge in [-0.2, -0.15) is 0 Å². The molecule has 25 heavy (non-hydrogen) atoms. The summed E-state index contributed by atoms with van der Waals surface area (Å²) in [6.45, 7) is 2.59. The minimum absolute atomic E-state index is 0.122. The Hall–Kier alpha value is -1.56. The number of rotatable bonds is 2. The molecule has 1 fully saturated rings. The van der Waals surface area contributed by atoms with Crippen LogP contribution in [0.25, 0.3) is 0 Å². The minimum atomic E-state index is -0.577. The second-order valence-corrected chi connectivity index (χ2v) is 7.53. The first-order valence-electron chi connectivity index (χ1n) is 7.71. The van der Waals surface area contributed by atoms with E-state index in [1.54, 1.807) is 28.9 Å². The van der Waals surface area contributed by atoms with E-state index in [0.717, 1.165) is 10.2 Å². The van der Waals surface area contributed by atoms with Crippen LogP contribution in [0.5, 0.6) is 0 Å². The van der Waals surface area contributed by atoms with E-state index in [1.165, 1.54) is 6.07 Å². The Morgan fingerprint density at radius 2 is 1.92 bits per heavy atom. The third kappa shape index (κ3) is 3.68. The van der Waals surface area contributed by atoms with Gasteiger partial charge in [0, 0.05) is 28.3 Å². The van der Waals surface area contributed by atoms with Crippen molar-refractivity contribution in [3.63, 3.8) is 0 Å². The molecule has 7 heteroatoms. The molecule has 0 unspecified atom stereocenters. The fourth-order valence-corrected chi connectivity index (χ4v) is 3.74. The summed E-state index contributed by atoms with van der Waals surface area (Å²) in [6, 6.07) is 11.7. The van der Waals surface area contributed by atoms with E-state index in [0.29, 0.717) is 23.7 Å². The van der Waals surface area contributed by atoms with Gasteiger partial charge in [-0.15, -0.1) is 0 Å². The molecule has 2 aromatic carbocycles. The van der Waals surface area contributed by atoms with Gasteiger partial charge in [0.2, 0.25) is 5.91 Å². The quantitative estimate of drug-likeness (QED) is 0.681. The van der Waals surface area contributed by atoms with Crippen molar-refractivity contribution in [2.24, 2.45) is 0 Å². The number of hydrogen-bond donors (Lipinski definition) is 0. The molecule has 0 N–H and O–H groups in total. The predicted molar refractivity (Wildman–Crippen MR) is 103 cm³/mol. The van der Waals surface area contributed by atoms with Gasteiger partial charge in [-0.3, -0.25) is 9.59 Å². The molecule has 0 aromatic heterocycles. The maximum atomic E-state index is 12.8. The second-order valence-electron chi connectivity index (χ2n) is 5.77. The Labute approximate surface area is 164 Å². The van der Waals surface area contributed by atoms with E-state index in [1.807, 2.05) is 24.3 Å². The molecule has 130 valence electrons. The fourth-order valence-electron chi connectivity index (χ4n) is 2.87. The average Bonchev–Trinajstić information content (AvgIpc) is 2.56. The van der Waals surface area contributed by atoms with Crippen molar-refractivity contribution in [3.05, 3.63) is 62.5 Å². The fraction of sp³-hybridized carbons (Fsp3) is 0.222. The van der Waals surface area contributed by atoms with Gasteiger partial charge in [0.1, 0.15) is 6.04 Å². The van der Waals surface area contributed by atoms with Crippen LogP contribution in [0.4, 0.5) is 5.69 Å². The Kier molecular flexibility index (Phi) is 5.37. The Balaban J connectivity index is 1.83. The zero-order valence-corrected chi connectivity index (χ0v) is 16.5. The summed E-state index contributed by atoms with van der Waals surface area (Å²) in [7, 11) is 0. The molecule has 4 nitrogen and oxygen atoms in total. The lowest BCUT2D eigenvalue weighted by atomic mass is 10.1. The van der Waals surface area contributed by atoms with Gasteiger partial charge in [-0.05, 0) is 43.3 Å². The van der Waals surface area contributed by atoms with E-state index in [4.69, 9.17) is 23.2 Å². The number of piperazine rings is 1. The topological polar surface area (TPSA) is 40.6 Å². The van der Waals surface area contributed by atoms with Crippen LogP contribution in [0, 0.1) is 0 Å². The van der Waals surface area contributed by atoms with Gasteiger partial charge in [0.05, 0.1) is 10.6 Å². The number of carbonyl (C=O) groups is 2. The molecule has 1 aliphatic rings. The molecule has 0 spiro atoms. The summed E-state index contributed by atoms with van der Waals surface area (Å²) in [5.41, 5.74) is 1.16. The smallest absolute Gasteiger partial charge is 0.256 e. The second kappa shape index (κ2) is 7.36. The lowest BCUT2D eigenvalue weighted by Crippen LogP contribution is -2.57. The van der Waals surface area contributed by atoms with Crippen LogP contribution in [0.1, 0.15) is 17.3 Å². The number of carbonyl (C=O) groups excluding carboxylic acids is 2. The van der Waals surface area contributed by atoms with Crippen molar-refractivity contribution < 1.29 is 9.59 Å². The van der Waals surface area contributed by atoms with Gasteiger partial charge in [-0.25, -0.2) is 0 Å². The van der Waals surface area contributed by atoms with Gasteiger partial charge < -0.3 is 9.80 Å². The number of amides is 2. The number of halogens is 3. The van der Waals surface area contributed by atoms with Crippen LogP contribution in [0.15, 0.2) is 46.9 Å². The molecule has 0 saturated carbocycles. The van der Waals surface area contributed by atoms with Crippen molar-refractivity contribution in [3.8, 4) is 0 Å². The molecular formula is C18H15BrCl2N2O2. The zero-order valence-electron chi connectivity index (χ0n) is 13.4. The highest BCUT2D eigenvalue weighted by Gasteiger charge is 2.35. The summed E-state index contributed by atoms with van der Waals surface area (Å²) in [4.78, 5) is 28.8. The van der Waals surface area contributed by atoms with Crippen LogP contribution < -0.4 is 4.90 Å². The Morgan fingerprint density at radius 1 is 1.16 bits per heavy atom. The van der Waals surface area contributed by atoms with Crippen LogP contribution in [-0.2, 0) is 4.79 Å². The summed E-state index contributed by atoms with van der Waals surface area (Å²) in [6.07, 6.45) is 0. The Bertz CT molecular complexity index is 844. The first kappa shape index (κ1) is 18.2. The molecular weight excluding hydrogens is 427 g/mol. The molecule has 1 heterocycles. The molecule has 1 aliphatic heterocycles. The summed E-state index contributed by atoms with van der Waals surface area (Å²) < 4.78 is 0.900. The lowest BCUT2D eigenvalue weighted by molar-refractivity contribution is -0.124. The third-order valence-corrected chi connectivity index (χ3v) is 5.24. The van der Waals surface area contributed by atoms with Crippen molar-refractivity contribution >= 4 is 56.6 Å². The number of benzene rings is 2. The molecule has 0 aliphatic carbocycles. The van der Waals surface area contributed by atoms with Crippen LogP contribution in [-0.4, -0.2) is 35.8 Å². The van der Waals surface area contributed by atoms with Crippen molar-refractivity contribution in [2.45, 2.75) is 13.0 Å². The largest absolute Gasteiger partial charge is 0.325 e. The normalized spacial score (nSPS) is 17.8. The number of anilines is 1. The molecule has 1 atom stereocenters. The standard InChI is InChI=1S/C18H15BrCl2N2O2/c1-11-17(24)23(14-4-2-3-12(19)9-14)8-7-22(11)18(25)15-6-5-13(20)10-16(15)21/h2-6,9-11H,7-8H2,1H3/t11-/m1/s1. The highest BCUT2D eigenvalue weighted by molar-refractivity contribution is 9.10. The Morgan fingerprint density at radius 3 is 2.60 bits per heavy atom. The number of nitrogens with zero attached hydrogens (tertiary/aromatic N) is 2. The number of hydrogen-bond acceptors (Lipinski definition) is 2. The summed E-state index contributed by atoms with van der Waals surface area (Å²) in [5.74, 6) is -0.390. The van der Waals surface area contributed by atoms with Crippen LogP contribution in [0.2, 0.25) is 10.0 Å². The van der Waals surface area contributed by atoms with Crippen LogP contribution in [0.3, 0.4) is 0 Å². The van der Waals surface area contributed by atoms with Crippen molar-refractivity contribution in [2.75, 3.05) is 18.0 Å². The zero-order chi connectivity index (χ0) is 18.1. The first-order chi connectivity index (χ1) is 11.9. The third-order valence-electron chi connectivity index (χ3n) is 4.20. The minimum Gasteiger partial charge on any atom is -0.325 e. The molecule has 2 aromatic rings. The average molecular weight is 442 g/mol. The molecule has 2 amide bonds.